The van der Waals surface area contributed by atoms with Crippen molar-refractivity contribution in [3.8, 4) is 11.1 Å². The van der Waals surface area contributed by atoms with Crippen molar-refractivity contribution in [3.05, 3.63) is 113 Å². The van der Waals surface area contributed by atoms with E-state index < -0.39 is 50.6 Å². The minimum absolute atomic E-state index is 0.00705. The zero-order valence-electron chi connectivity index (χ0n) is 37.3. The second-order valence-corrected chi connectivity index (χ2v) is 20.0. The second kappa shape index (κ2) is 19.7. The van der Waals surface area contributed by atoms with Gasteiger partial charge in [-0.25, -0.2) is 22.2 Å². The average Bonchev–Trinajstić information content (AvgIpc) is 3.88. The van der Waals surface area contributed by atoms with Crippen molar-refractivity contribution in [1.29, 1.82) is 0 Å². The van der Waals surface area contributed by atoms with Gasteiger partial charge in [0.1, 0.15) is 17.5 Å². The molecule has 1 atom stereocenters. The number of hydrogen-bond donors (Lipinski definition) is 4. The third-order valence-electron chi connectivity index (χ3n) is 13.2. The molecule has 4 N–H and O–H groups in total. The van der Waals surface area contributed by atoms with E-state index in [-0.39, 0.29) is 41.9 Å². The number of aromatic nitrogens is 2. The van der Waals surface area contributed by atoms with E-state index in [1.54, 1.807) is 31.0 Å². The number of nitrogens with one attached hydrogen (secondary N) is 3. The van der Waals surface area contributed by atoms with Crippen LogP contribution in [0.1, 0.15) is 95.7 Å². The van der Waals surface area contributed by atoms with E-state index in [0.29, 0.717) is 47.0 Å². The summed E-state index contributed by atoms with van der Waals surface area (Å²) >= 11 is 0. The van der Waals surface area contributed by atoms with Crippen molar-refractivity contribution in [1.82, 2.24) is 25.1 Å². The third-order valence-corrected chi connectivity index (χ3v) is 14.9. The van der Waals surface area contributed by atoms with Crippen LogP contribution in [0.15, 0.2) is 73.1 Å². The molecule has 0 spiro atoms. The summed E-state index contributed by atoms with van der Waals surface area (Å²) in [4.78, 5) is 73.3. The zero-order valence-corrected chi connectivity index (χ0v) is 38.1. The number of fused-ring (bicyclic) bond motifs is 2. The van der Waals surface area contributed by atoms with Crippen molar-refractivity contribution in [2.24, 2.45) is 11.8 Å². The van der Waals surface area contributed by atoms with E-state index in [9.17, 15) is 27.6 Å². The molecule has 0 saturated carbocycles. The van der Waals surface area contributed by atoms with Crippen LogP contribution in [0.3, 0.4) is 0 Å². The first-order chi connectivity index (χ1) is 32.1. The van der Waals surface area contributed by atoms with Gasteiger partial charge in [0.15, 0.2) is 5.82 Å². The summed E-state index contributed by atoms with van der Waals surface area (Å²) < 4.78 is 57.9. The fraction of sp³-hybridized carbons (Fsp3) is 0.388. The van der Waals surface area contributed by atoms with E-state index in [1.165, 1.54) is 11.8 Å². The third kappa shape index (κ3) is 10.2. The first kappa shape index (κ1) is 47.0. The number of ketones is 1. The lowest BCUT2D eigenvalue weighted by molar-refractivity contribution is -0.137. The van der Waals surface area contributed by atoms with Crippen LogP contribution >= 0.6 is 0 Å². The molecule has 352 valence electrons. The molecule has 4 aliphatic rings. The predicted octanol–water partition coefficient (Wildman–Crippen LogP) is 6.69. The van der Waals surface area contributed by atoms with Crippen LogP contribution in [-0.4, -0.2) is 108 Å². The van der Waals surface area contributed by atoms with Crippen LogP contribution in [0.5, 0.6) is 0 Å². The Morgan fingerprint density at radius 2 is 1.66 bits per heavy atom. The van der Waals surface area contributed by atoms with Gasteiger partial charge in [-0.3, -0.25) is 34.0 Å². The summed E-state index contributed by atoms with van der Waals surface area (Å²) in [5.74, 6) is -3.63. The maximum Gasteiger partial charge on any atom is 0.290 e. The van der Waals surface area contributed by atoms with Gasteiger partial charge in [0, 0.05) is 72.8 Å². The Bertz CT molecular complexity index is 2820. The van der Waals surface area contributed by atoms with Crippen molar-refractivity contribution < 1.29 is 46.3 Å². The molecule has 3 saturated heterocycles. The van der Waals surface area contributed by atoms with E-state index in [1.807, 2.05) is 18.2 Å². The Hall–Kier alpha value is -6.53. The van der Waals surface area contributed by atoms with Crippen molar-refractivity contribution in [2.75, 3.05) is 48.1 Å². The Kier molecular flexibility index (Phi) is 13.8. The number of carboxylic acid groups (broad SMARTS) is 1. The van der Waals surface area contributed by atoms with Gasteiger partial charge < -0.3 is 24.8 Å². The summed E-state index contributed by atoms with van der Waals surface area (Å²) in [6, 6.07) is 17.3. The molecule has 0 unspecified atom stereocenters. The SMILES string of the molecule is CC(C)CS(=O)(=O)Nc1ccc(F)c(C(=O)c2c[nH]c3ncc(-c4ccc(N5CCC(CN6CCC(c7ccc8c(c7)CN([C@H]7CCC(=O)NC7=O)C8=O)CC6)CC5)cc4)cc23)c1F.O=CO. The topological polar surface area (TPSA) is 202 Å². The van der Waals surface area contributed by atoms with Gasteiger partial charge in [-0.15, -0.1) is 0 Å². The van der Waals surface area contributed by atoms with E-state index in [4.69, 9.17) is 9.90 Å². The number of nitrogens with zero attached hydrogens (tertiary/aromatic N) is 4. The highest BCUT2D eigenvalue weighted by Gasteiger charge is 2.39. The molecule has 3 amide bonds. The highest BCUT2D eigenvalue weighted by molar-refractivity contribution is 7.92. The molecule has 18 heteroatoms. The van der Waals surface area contributed by atoms with E-state index in [0.717, 1.165) is 87.4 Å². The largest absolute Gasteiger partial charge is 0.483 e. The molecule has 5 aromatic rings. The van der Waals surface area contributed by atoms with Gasteiger partial charge in [0.2, 0.25) is 27.6 Å². The molecule has 9 rings (SSSR count). The minimum Gasteiger partial charge on any atom is -0.483 e. The number of anilines is 2. The fourth-order valence-electron chi connectivity index (χ4n) is 9.87. The van der Waals surface area contributed by atoms with Crippen molar-refractivity contribution in [2.45, 2.75) is 70.9 Å². The number of aromatic amines is 1. The van der Waals surface area contributed by atoms with E-state index >= 15 is 8.78 Å². The highest BCUT2D eigenvalue weighted by atomic mass is 32.2. The molecular formula is C49H53F2N7O8S. The number of imide groups is 1. The lowest BCUT2D eigenvalue weighted by Crippen LogP contribution is -2.52. The first-order valence-electron chi connectivity index (χ1n) is 22.6. The number of carbonyl (C=O) groups is 5. The van der Waals surface area contributed by atoms with Gasteiger partial charge in [-0.1, -0.05) is 38.1 Å². The number of likely N-dealkylation sites (tertiary alicyclic amines) is 1. The number of rotatable bonds is 12. The molecule has 3 aromatic carbocycles. The van der Waals surface area contributed by atoms with Crippen LogP contribution < -0.4 is 14.9 Å². The number of amides is 3. The highest BCUT2D eigenvalue weighted by Crippen LogP contribution is 2.36. The molecule has 3 fully saturated rings. The molecule has 15 nitrogen and oxygen atoms in total. The van der Waals surface area contributed by atoms with Crippen LogP contribution in [-0.2, 0) is 31.0 Å². The fourth-order valence-corrected chi connectivity index (χ4v) is 11.3. The van der Waals surface area contributed by atoms with Gasteiger partial charge in [0.25, 0.3) is 12.4 Å². The lowest BCUT2D eigenvalue weighted by atomic mass is 9.87. The van der Waals surface area contributed by atoms with Gasteiger partial charge in [0.05, 0.1) is 17.0 Å². The molecule has 67 heavy (non-hydrogen) atoms. The Morgan fingerprint density at radius 1 is 0.940 bits per heavy atom. The first-order valence-corrected chi connectivity index (χ1v) is 24.2. The molecule has 0 radical (unpaired) electrons. The van der Waals surface area contributed by atoms with Crippen LogP contribution in [0.2, 0.25) is 0 Å². The molecule has 0 aliphatic carbocycles. The summed E-state index contributed by atoms with van der Waals surface area (Å²) in [7, 11) is -3.94. The minimum atomic E-state index is -3.94. The zero-order chi connectivity index (χ0) is 47.6. The molecule has 0 bridgehead atoms. The number of pyridine rings is 1. The molecular weight excluding hydrogens is 885 g/mol. The normalized spacial score (nSPS) is 18.5. The van der Waals surface area contributed by atoms with Crippen LogP contribution in [0.4, 0.5) is 20.2 Å². The predicted molar refractivity (Wildman–Crippen MR) is 248 cm³/mol. The quantitative estimate of drug-likeness (QED) is 0.0590. The Balaban J connectivity index is 0.00000198. The second-order valence-electron chi connectivity index (χ2n) is 18.2. The summed E-state index contributed by atoms with van der Waals surface area (Å²) in [6.07, 6.45) is 7.90. The number of hydrogen-bond acceptors (Lipinski definition) is 10. The maximum atomic E-state index is 15.6. The number of sulfonamides is 1. The standard InChI is InChI=1S/C48H51F2N7O6S.CH2O2/c1-28(2)27-64(62,63)54-40-10-9-39(49)43(44(40)50)45(59)38-24-52-46-37(38)22-33(23-51-46)30-3-6-35(7-4-30)56-19-13-29(14-20-56)25-55-17-15-31(16-18-55)32-5-8-36-34(21-32)26-57(48(36)61)41-11-12-42(58)53-47(41)60;2-1-3/h3-10,21-24,28-29,31,41,54H,11-20,25-27H2,1-2H3,(H,51,52)(H,53,58,60);1H,(H,2,3)/t41-;/m0./s1. The van der Waals surface area contributed by atoms with Crippen LogP contribution in [0.25, 0.3) is 22.2 Å². The summed E-state index contributed by atoms with van der Waals surface area (Å²) in [5.41, 5.74) is 4.56. The van der Waals surface area contributed by atoms with Gasteiger partial charge >= 0.3 is 0 Å². The monoisotopic (exact) mass is 937 g/mol. The van der Waals surface area contributed by atoms with Crippen molar-refractivity contribution in [3.63, 3.8) is 0 Å². The summed E-state index contributed by atoms with van der Waals surface area (Å²) in [6.45, 7) is 8.55. The molecule has 2 aromatic heterocycles. The molecule has 6 heterocycles. The number of carbonyl (C=O) groups excluding carboxylic acids is 4. The number of piperidine rings is 3. The Labute approximate surface area is 387 Å². The van der Waals surface area contributed by atoms with E-state index in [2.05, 4.69) is 54.1 Å². The van der Waals surface area contributed by atoms with Crippen molar-refractivity contribution >= 4 is 62.4 Å². The van der Waals surface area contributed by atoms with Crippen LogP contribution in [0, 0.1) is 23.5 Å². The maximum absolute atomic E-state index is 15.6. The Morgan fingerprint density at radius 3 is 2.34 bits per heavy atom. The number of benzene rings is 3. The smallest absolute Gasteiger partial charge is 0.290 e. The van der Waals surface area contributed by atoms with Gasteiger partial charge in [-0.2, -0.15) is 0 Å². The van der Waals surface area contributed by atoms with Gasteiger partial charge in [-0.05, 0) is 116 Å². The molecule has 4 aliphatic heterocycles. The number of halogens is 2. The number of H-pyrrole nitrogens is 1. The lowest BCUT2D eigenvalue weighted by Gasteiger charge is -2.38. The summed E-state index contributed by atoms with van der Waals surface area (Å²) in [5, 5.41) is 9.64. The average molecular weight is 938 g/mol.